The third-order valence-corrected chi connectivity index (χ3v) is 3.18. The van der Waals surface area contributed by atoms with Crippen molar-refractivity contribution in [2.24, 2.45) is 0 Å². The number of hydrogen-bond donors (Lipinski definition) is 1. The molecule has 1 amide bonds. The molecule has 0 aliphatic carbocycles. The summed E-state index contributed by atoms with van der Waals surface area (Å²) in [6.07, 6.45) is -1.18. The Balaban J connectivity index is 1.94. The second-order valence-electron chi connectivity index (χ2n) is 5.11. The molecule has 1 aromatic carbocycles. The quantitative estimate of drug-likeness (QED) is 0.857. The van der Waals surface area contributed by atoms with Crippen molar-refractivity contribution in [2.45, 2.75) is 32.6 Å². The van der Waals surface area contributed by atoms with E-state index in [9.17, 15) is 22.4 Å². The highest BCUT2D eigenvalue weighted by Crippen LogP contribution is 2.32. The maximum absolute atomic E-state index is 13.0. The summed E-state index contributed by atoms with van der Waals surface area (Å²) in [5.41, 5.74) is -0.311. The highest BCUT2D eigenvalue weighted by atomic mass is 19.4. The summed E-state index contributed by atoms with van der Waals surface area (Å²) in [5.74, 6) is -1.38. The van der Waals surface area contributed by atoms with Crippen molar-refractivity contribution in [3.63, 3.8) is 0 Å². The smallest absolute Gasteiger partial charge is 0.352 e. The molecule has 4 nitrogen and oxygen atoms in total. The van der Waals surface area contributed by atoms with Crippen LogP contribution >= 0.6 is 0 Å². The lowest BCUT2D eigenvalue weighted by Crippen LogP contribution is -2.25. The predicted molar refractivity (Wildman–Crippen MR) is 74.8 cm³/mol. The molecule has 0 atom stereocenters. The number of amides is 1. The first-order valence-electron chi connectivity index (χ1n) is 6.87. The van der Waals surface area contributed by atoms with Gasteiger partial charge in [-0.15, -0.1) is 0 Å². The lowest BCUT2D eigenvalue weighted by Gasteiger charge is -2.13. The van der Waals surface area contributed by atoms with Crippen LogP contribution in [0.2, 0.25) is 0 Å². The summed E-state index contributed by atoms with van der Waals surface area (Å²) >= 11 is 0. The average Bonchev–Trinajstić information content (AvgIpc) is 2.88. The summed E-state index contributed by atoms with van der Waals surface area (Å²) in [4.78, 5) is 11.7. The normalized spacial score (nSPS) is 11.5. The van der Waals surface area contributed by atoms with Gasteiger partial charge in [-0.2, -0.15) is 18.3 Å². The Morgan fingerprint density at radius 3 is 2.70 bits per heavy atom. The molecule has 0 spiro atoms. The molecule has 2 aromatic rings. The third-order valence-electron chi connectivity index (χ3n) is 3.18. The molecule has 0 saturated carbocycles. The average molecular weight is 329 g/mol. The molecule has 0 fully saturated rings. The van der Waals surface area contributed by atoms with Crippen LogP contribution in [0.1, 0.15) is 23.1 Å². The molecule has 0 unspecified atom stereocenters. The second-order valence-corrected chi connectivity index (χ2v) is 5.11. The number of aryl methyl sites for hydroxylation is 2. The molecular weight excluding hydrogens is 314 g/mol. The molecule has 0 radical (unpaired) electrons. The largest absolute Gasteiger partial charge is 0.416 e. The lowest BCUT2D eigenvalue weighted by molar-refractivity contribution is -0.138. The fraction of sp³-hybridized carbons (Fsp3) is 0.333. The molecular formula is C15H15F4N3O. The van der Waals surface area contributed by atoms with E-state index in [1.54, 1.807) is 17.1 Å². The van der Waals surface area contributed by atoms with E-state index in [2.05, 4.69) is 10.4 Å². The number of nitrogens with one attached hydrogen (secondary N) is 1. The Labute approximate surface area is 130 Å². The number of aromatic nitrogens is 2. The molecule has 1 aromatic heterocycles. The van der Waals surface area contributed by atoms with Gasteiger partial charge in [-0.05, 0) is 30.2 Å². The number of carbonyl (C=O) groups is 1. The van der Waals surface area contributed by atoms with Crippen LogP contribution in [0.5, 0.6) is 0 Å². The van der Waals surface area contributed by atoms with Crippen molar-refractivity contribution < 1.29 is 22.4 Å². The highest BCUT2D eigenvalue weighted by Gasteiger charge is 2.33. The van der Waals surface area contributed by atoms with E-state index >= 15 is 0 Å². The molecule has 0 bridgehead atoms. The number of alkyl halides is 3. The number of nitrogens with zero attached hydrogens (tertiary/aromatic N) is 2. The van der Waals surface area contributed by atoms with Crippen LogP contribution in [-0.4, -0.2) is 15.7 Å². The molecule has 0 saturated heterocycles. The minimum absolute atomic E-state index is 0.0870. The van der Waals surface area contributed by atoms with E-state index in [4.69, 9.17) is 0 Å². The van der Waals surface area contributed by atoms with Crippen molar-refractivity contribution in [3.05, 3.63) is 53.1 Å². The standard InChI is InChI=1S/C15H15F4N3O/c1-10-7-21-22(9-10)5-4-14(23)20-8-11-2-3-12(16)6-13(11)15(17,18)19/h2-3,6-7,9H,4-5,8H2,1H3,(H,20,23). The zero-order valence-corrected chi connectivity index (χ0v) is 12.3. The summed E-state index contributed by atoms with van der Waals surface area (Å²) < 4.78 is 53.1. The number of halogens is 4. The van der Waals surface area contributed by atoms with E-state index < -0.39 is 23.5 Å². The Morgan fingerprint density at radius 1 is 1.35 bits per heavy atom. The number of hydrogen-bond acceptors (Lipinski definition) is 2. The van der Waals surface area contributed by atoms with Gasteiger partial charge in [0.25, 0.3) is 0 Å². The van der Waals surface area contributed by atoms with E-state index in [1.165, 1.54) is 0 Å². The van der Waals surface area contributed by atoms with Gasteiger partial charge in [-0.1, -0.05) is 6.07 Å². The van der Waals surface area contributed by atoms with E-state index in [0.717, 1.165) is 17.7 Å². The van der Waals surface area contributed by atoms with Crippen molar-refractivity contribution in [2.75, 3.05) is 0 Å². The van der Waals surface area contributed by atoms with Crippen molar-refractivity contribution in [1.82, 2.24) is 15.1 Å². The zero-order valence-electron chi connectivity index (χ0n) is 12.3. The highest BCUT2D eigenvalue weighted by molar-refractivity contribution is 5.75. The third kappa shape index (κ3) is 4.80. The predicted octanol–water partition coefficient (Wildman–Crippen LogP) is 3.06. The molecule has 1 N–H and O–H groups in total. The van der Waals surface area contributed by atoms with Crippen molar-refractivity contribution in [3.8, 4) is 0 Å². The van der Waals surface area contributed by atoms with Gasteiger partial charge >= 0.3 is 6.18 Å². The topological polar surface area (TPSA) is 46.9 Å². The van der Waals surface area contributed by atoms with Gasteiger partial charge in [-0.25, -0.2) is 4.39 Å². The van der Waals surface area contributed by atoms with Gasteiger partial charge in [0.05, 0.1) is 11.8 Å². The Kier molecular flexibility index (Phi) is 5.02. The van der Waals surface area contributed by atoms with Gasteiger partial charge in [-0.3, -0.25) is 9.48 Å². The Bertz CT molecular complexity index is 694. The minimum Gasteiger partial charge on any atom is -0.352 e. The first-order chi connectivity index (χ1) is 10.8. The van der Waals surface area contributed by atoms with Crippen LogP contribution in [0.3, 0.4) is 0 Å². The van der Waals surface area contributed by atoms with Gasteiger partial charge < -0.3 is 5.32 Å². The SMILES string of the molecule is Cc1cnn(CCC(=O)NCc2ccc(F)cc2C(F)(F)F)c1. The van der Waals surface area contributed by atoms with Crippen molar-refractivity contribution >= 4 is 5.91 Å². The van der Waals surface area contributed by atoms with Crippen molar-refractivity contribution in [1.29, 1.82) is 0 Å². The van der Waals surface area contributed by atoms with Crippen LogP contribution in [0, 0.1) is 12.7 Å². The first kappa shape index (κ1) is 17.0. The summed E-state index contributed by atoms with van der Waals surface area (Å²) in [7, 11) is 0. The fourth-order valence-electron chi connectivity index (χ4n) is 2.05. The zero-order chi connectivity index (χ0) is 17.0. The lowest BCUT2D eigenvalue weighted by atomic mass is 10.1. The molecule has 2 rings (SSSR count). The maximum Gasteiger partial charge on any atom is 0.416 e. The minimum atomic E-state index is -4.67. The van der Waals surface area contributed by atoms with E-state index in [0.29, 0.717) is 12.6 Å². The number of rotatable bonds is 5. The van der Waals surface area contributed by atoms with E-state index in [1.807, 2.05) is 6.92 Å². The molecule has 124 valence electrons. The van der Waals surface area contributed by atoms with Crippen LogP contribution in [0.25, 0.3) is 0 Å². The number of benzene rings is 1. The van der Waals surface area contributed by atoms with Crippen LogP contribution < -0.4 is 5.32 Å². The summed E-state index contributed by atoms with van der Waals surface area (Å²) in [6.45, 7) is 1.87. The van der Waals surface area contributed by atoms with E-state index in [-0.39, 0.29) is 18.5 Å². The fourth-order valence-corrected chi connectivity index (χ4v) is 2.05. The summed E-state index contributed by atoms with van der Waals surface area (Å²) in [6, 6.07) is 2.38. The Morgan fingerprint density at radius 2 is 2.09 bits per heavy atom. The van der Waals surface area contributed by atoms with Gasteiger partial charge in [0.15, 0.2) is 0 Å². The number of carbonyl (C=O) groups excluding carboxylic acids is 1. The summed E-state index contributed by atoms with van der Waals surface area (Å²) in [5, 5.41) is 6.41. The van der Waals surface area contributed by atoms with Crippen LogP contribution in [0.4, 0.5) is 17.6 Å². The molecule has 0 aliphatic heterocycles. The van der Waals surface area contributed by atoms with Gasteiger partial charge in [0.1, 0.15) is 5.82 Å². The van der Waals surface area contributed by atoms with Gasteiger partial charge in [0.2, 0.25) is 5.91 Å². The molecule has 23 heavy (non-hydrogen) atoms. The monoisotopic (exact) mass is 329 g/mol. The van der Waals surface area contributed by atoms with Gasteiger partial charge in [0, 0.05) is 25.7 Å². The maximum atomic E-state index is 13.0. The van der Waals surface area contributed by atoms with Crippen LogP contribution in [-0.2, 0) is 24.1 Å². The molecule has 8 heteroatoms. The van der Waals surface area contributed by atoms with Crippen LogP contribution in [0.15, 0.2) is 30.6 Å². The second kappa shape index (κ2) is 6.80. The Hall–Kier alpha value is -2.38. The first-order valence-corrected chi connectivity index (χ1v) is 6.87. The molecule has 1 heterocycles. The molecule has 0 aliphatic rings.